The van der Waals surface area contributed by atoms with E-state index in [0.717, 1.165) is 25.1 Å². The third kappa shape index (κ3) is 5.01. The first-order chi connectivity index (χ1) is 10.8. The van der Waals surface area contributed by atoms with Crippen LogP contribution in [0.25, 0.3) is 0 Å². The van der Waals surface area contributed by atoms with Gasteiger partial charge >= 0.3 is 12.2 Å². The van der Waals surface area contributed by atoms with Gasteiger partial charge in [0.15, 0.2) is 0 Å². The third-order valence-corrected chi connectivity index (χ3v) is 3.58. The van der Waals surface area contributed by atoms with Crippen molar-refractivity contribution in [2.45, 2.75) is 44.9 Å². The lowest BCUT2D eigenvalue weighted by Crippen LogP contribution is -2.51. The molecule has 0 aliphatic carbocycles. The molecule has 1 saturated heterocycles. The normalized spacial score (nSPS) is 18.9. The standard InChI is InChI=1S/C15H21F3N4O/c1-10(2)20-14(23)21-12-4-3-7-22(9-12)13-6-5-11(8-19-13)15(16,17)18/h5-6,8,10,12H,3-4,7,9H2,1-2H3,(H2,20,21,23)/t12-/m1/s1. The van der Waals surface area contributed by atoms with Crippen molar-refractivity contribution in [1.82, 2.24) is 15.6 Å². The number of aromatic nitrogens is 1. The average Bonchev–Trinajstić information content (AvgIpc) is 2.46. The van der Waals surface area contributed by atoms with Gasteiger partial charge in [0, 0.05) is 31.4 Å². The molecule has 1 aromatic heterocycles. The van der Waals surface area contributed by atoms with E-state index in [4.69, 9.17) is 0 Å². The van der Waals surface area contributed by atoms with Crippen LogP contribution in [0.5, 0.6) is 0 Å². The summed E-state index contributed by atoms with van der Waals surface area (Å²) >= 11 is 0. The fourth-order valence-electron chi connectivity index (χ4n) is 2.53. The van der Waals surface area contributed by atoms with Gasteiger partial charge < -0.3 is 15.5 Å². The van der Waals surface area contributed by atoms with Gasteiger partial charge in [-0.1, -0.05) is 0 Å². The minimum absolute atomic E-state index is 0.0475. The molecular formula is C15H21F3N4O. The molecule has 1 atom stereocenters. The first-order valence-electron chi connectivity index (χ1n) is 7.61. The molecule has 5 nitrogen and oxygen atoms in total. The van der Waals surface area contributed by atoms with E-state index >= 15 is 0 Å². The van der Waals surface area contributed by atoms with Crippen molar-refractivity contribution >= 4 is 11.8 Å². The van der Waals surface area contributed by atoms with E-state index in [1.165, 1.54) is 6.07 Å². The van der Waals surface area contributed by atoms with Crippen molar-refractivity contribution in [3.8, 4) is 0 Å². The van der Waals surface area contributed by atoms with Crippen LogP contribution < -0.4 is 15.5 Å². The molecule has 128 valence electrons. The molecule has 2 amide bonds. The third-order valence-electron chi connectivity index (χ3n) is 3.58. The fourth-order valence-corrected chi connectivity index (χ4v) is 2.53. The Morgan fingerprint density at radius 1 is 1.39 bits per heavy atom. The lowest BCUT2D eigenvalue weighted by atomic mass is 10.1. The zero-order valence-electron chi connectivity index (χ0n) is 13.2. The van der Waals surface area contributed by atoms with Crippen LogP contribution in [0.15, 0.2) is 18.3 Å². The van der Waals surface area contributed by atoms with Crippen molar-refractivity contribution < 1.29 is 18.0 Å². The van der Waals surface area contributed by atoms with Crippen molar-refractivity contribution in [3.05, 3.63) is 23.9 Å². The van der Waals surface area contributed by atoms with Crippen LogP contribution >= 0.6 is 0 Å². The van der Waals surface area contributed by atoms with E-state index in [1.807, 2.05) is 18.7 Å². The Hall–Kier alpha value is -1.99. The van der Waals surface area contributed by atoms with E-state index in [0.29, 0.717) is 18.9 Å². The molecule has 0 unspecified atom stereocenters. The summed E-state index contributed by atoms with van der Waals surface area (Å²) in [5, 5.41) is 5.65. The van der Waals surface area contributed by atoms with E-state index in [9.17, 15) is 18.0 Å². The highest BCUT2D eigenvalue weighted by atomic mass is 19.4. The number of hydrogen-bond donors (Lipinski definition) is 2. The molecule has 0 radical (unpaired) electrons. The quantitative estimate of drug-likeness (QED) is 0.896. The van der Waals surface area contributed by atoms with Crippen LogP contribution in [0.3, 0.4) is 0 Å². The molecule has 0 saturated carbocycles. The second kappa shape index (κ2) is 7.06. The molecule has 1 fully saturated rings. The molecule has 0 aromatic carbocycles. The van der Waals surface area contributed by atoms with Crippen molar-refractivity contribution in [3.63, 3.8) is 0 Å². The Morgan fingerprint density at radius 3 is 2.70 bits per heavy atom. The number of piperidine rings is 1. The number of amides is 2. The Labute approximate surface area is 133 Å². The first-order valence-corrected chi connectivity index (χ1v) is 7.61. The number of pyridine rings is 1. The molecule has 2 heterocycles. The second-order valence-electron chi connectivity index (χ2n) is 5.96. The van der Waals surface area contributed by atoms with Gasteiger partial charge in [0.1, 0.15) is 5.82 Å². The number of alkyl halides is 3. The Kier molecular flexibility index (Phi) is 5.33. The largest absolute Gasteiger partial charge is 0.417 e. The molecule has 23 heavy (non-hydrogen) atoms. The molecular weight excluding hydrogens is 309 g/mol. The molecule has 1 aromatic rings. The highest BCUT2D eigenvalue weighted by Crippen LogP contribution is 2.29. The van der Waals surface area contributed by atoms with E-state index < -0.39 is 11.7 Å². The Bertz CT molecular complexity index is 531. The average molecular weight is 330 g/mol. The molecule has 2 N–H and O–H groups in total. The predicted molar refractivity (Wildman–Crippen MR) is 81.3 cm³/mol. The molecule has 0 spiro atoms. The van der Waals surface area contributed by atoms with Gasteiger partial charge in [-0.05, 0) is 38.8 Å². The first kappa shape index (κ1) is 17.4. The van der Waals surface area contributed by atoms with Gasteiger partial charge in [-0.15, -0.1) is 0 Å². The summed E-state index contributed by atoms with van der Waals surface area (Å²) in [6.45, 7) is 4.99. The number of rotatable bonds is 3. The summed E-state index contributed by atoms with van der Waals surface area (Å²) in [5.41, 5.74) is -0.760. The number of hydrogen-bond acceptors (Lipinski definition) is 3. The topological polar surface area (TPSA) is 57.3 Å². The monoisotopic (exact) mass is 330 g/mol. The van der Waals surface area contributed by atoms with E-state index in [2.05, 4.69) is 15.6 Å². The van der Waals surface area contributed by atoms with Gasteiger partial charge in [0.25, 0.3) is 0 Å². The smallest absolute Gasteiger partial charge is 0.355 e. The summed E-state index contributed by atoms with van der Waals surface area (Å²) < 4.78 is 37.7. The van der Waals surface area contributed by atoms with Gasteiger partial charge in [0.2, 0.25) is 0 Å². The fraction of sp³-hybridized carbons (Fsp3) is 0.600. The van der Waals surface area contributed by atoms with Crippen LogP contribution in [0.1, 0.15) is 32.3 Å². The van der Waals surface area contributed by atoms with Crippen LogP contribution in [-0.4, -0.2) is 36.2 Å². The van der Waals surface area contributed by atoms with Crippen molar-refractivity contribution in [2.75, 3.05) is 18.0 Å². The molecule has 8 heteroatoms. The van der Waals surface area contributed by atoms with Gasteiger partial charge in [-0.25, -0.2) is 9.78 Å². The predicted octanol–water partition coefficient (Wildman–Crippen LogP) is 2.78. The number of halogens is 3. The van der Waals surface area contributed by atoms with Crippen molar-refractivity contribution in [1.29, 1.82) is 0 Å². The van der Waals surface area contributed by atoms with Crippen LogP contribution in [0.4, 0.5) is 23.8 Å². The summed E-state index contributed by atoms with van der Waals surface area (Å²) in [6.07, 6.45) is -1.86. The van der Waals surface area contributed by atoms with Crippen molar-refractivity contribution in [2.24, 2.45) is 0 Å². The van der Waals surface area contributed by atoms with Gasteiger partial charge in [-0.3, -0.25) is 0 Å². The van der Waals surface area contributed by atoms with Gasteiger partial charge in [-0.2, -0.15) is 13.2 Å². The molecule has 1 aliphatic rings. The lowest BCUT2D eigenvalue weighted by molar-refractivity contribution is -0.137. The highest BCUT2D eigenvalue weighted by molar-refractivity contribution is 5.74. The summed E-state index contributed by atoms with van der Waals surface area (Å²) in [4.78, 5) is 17.5. The number of anilines is 1. The van der Waals surface area contributed by atoms with E-state index in [1.54, 1.807) is 0 Å². The van der Waals surface area contributed by atoms with Gasteiger partial charge in [0.05, 0.1) is 5.56 Å². The molecule has 2 rings (SSSR count). The zero-order valence-corrected chi connectivity index (χ0v) is 13.2. The number of carbonyl (C=O) groups excluding carboxylic acids is 1. The molecule has 0 bridgehead atoms. The minimum Gasteiger partial charge on any atom is -0.355 e. The SMILES string of the molecule is CC(C)NC(=O)N[C@@H]1CCCN(c2ccc(C(F)(F)F)cn2)C1. The van der Waals surface area contributed by atoms with Crippen LogP contribution in [0, 0.1) is 0 Å². The van der Waals surface area contributed by atoms with Crippen LogP contribution in [0.2, 0.25) is 0 Å². The summed E-state index contributed by atoms with van der Waals surface area (Å²) in [5.74, 6) is 0.494. The zero-order chi connectivity index (χ0) is 17.0. The van der Waals surface area contributed by atoms with Crippen LogP contribution in [-0.2, 0) is 6.18 Å². The Balaban J connectivity index is 1.97. The maximum absolute atomic E-state index is 12.6. The number of urea groups is 1. The maximum atomic E-state index is 12.6. The lowest BCUT2D eigenvalue weighted by Gasteiger charge is -2.34. The van der Waals surface area contributed by atoms with E-state index in [-0.39, 0.29) is 18.1 Å². The minimum atomic E-state index is -4.38. The highest BCUT2D eigenvalue weighted by Gasteiger charge is 2.31. The number of nitrogens with zero attached hydrogens (tertiary/aromatic N) is 2. The maximum Gasteiger partial charge on any atom is 0.417 e. The number of nitrogens with one attached hydrogen (secondary N) is 2. The summed E-state index contributed by atoms with van der Waals surface area (Å²) in [7, 11) is 0. The number of carbonyl (C=O) groups is 1. The summed E-state index contributed by atoms with van der Waals surface area (Å²) in [6, 6.07) is 2.18. The second-order valence-corrected chi connectivity index (χ2v) is 5.96. The Morgan fingerprint density at radius 2 is 2.13 bits per heavy atom. The molecule has 1 aliphatic heterocycles.